The molecule has 1 aliphatic carbocycles. The summed E-state index contributed by atoms with van der Waals surface area (Å²) in [6.45, 7) is 5.44. The summed E-state index contributed by atoms with van der Waals surface area (Å²) < 4.78 is 2.31. The molecule has 19 heavy (non-hydrogen) atoms. The van der Waals surface area contributed by atoms with Gasteiger partial charge in [-0.15, -0.1) is 0 Å². The summed E-state index contributed by atoms with van der Waals surface area (Å²) in [4.78, 5) is 4.80. The van der Waals surface area contributed by atoms with E-state index in [0.29, 0.717) is 0 Å². The third-order valence-electron chi connectivity index (χ3n) is 4.45. The Kier molecular flexibility index (Phi) is 3.09. The Balaban J connectivity index is 1.96. The molecule has 3 rings (SSSR count). The SMILES string of the molecule is CCn1c(CC2(N)CCC(C)C2)nc2ccccc21. The molecule has 1 aromatic carbocycles. The first-order valence-corrected chi connectivity index (χ1v) is 7.34. The highest BCUT2D eigenvalue weighted by Gasteiger charge is 2.35. The predicted molar refractivity (Wildman–Crippen MR) is 79.0 cm³/mol. The van der Waals surface area contributed by atoms with Crippen molar-refractivity contribution in [2.45, 2.75) is 51.6 Å². The number of rotatable bonds is 3. The monoisotopic (exact) mass is 257 g/mol. The third-order valence-corrected chi connectivity index (χ3v) is 4.45. The molecule has 0 saturated heterocycles. The fourth-order valence-corrected chi connectivity index (χ4v) is 3.52. The van der Waals surface area contributed by atoms with Gasteiger partial charge in [0.25, 0.3) is 0 Å². The lowest BCUT2D eigenvalue weighted by atomic mass is 9.93. The van der Waals surface area contributed by atoms with Gasteiger partial charge in [0.15, 0.2) is 0 Å². The summed E-state index contributed by atoms with van der Waals surface area (Å²) in [5.74, 6) is 1.91. The van der Waals surface area contributed by atoms with Crippen molar-refractivity contribution < 1.29 is 0 Å². The van der Waals surface area contributed by atoms with Crippen molar-refractivity contribution in [3.05, 3.63) is 30.1 Å². The van der Waals surface area contributed by atoms with Gasteiger partial charge < -0.3 is 10.3 Å². The number of imidazole rings is 1. The van der Waals surface area contributed by atoms with Gasteiger partial charge in [0.2, 0.25) is 0 Å². The Morgan fingerprint density at radius 1 is 1.42 bits per heavy atom. The Bertz CT molecular complexity index is 587. The second-order valence-corrected chi connectivity index (χ2v) is 6.15. The molecule has 0 radical (unpaired) electrons. The minimum Gasteiger partial charge on any atom is -0.328 e. The van der Waals surface area contributed by atoms with Crippen LogP contribution in [0, 0.1) is 5.92 Å². The molecule has 1 saturated carbocycles. The van der Waals surface area contributed by atoms with Gasteiger partial charge in [0.1, 0.15) is 5.82 Å². The maximum Gasteiger partial charge on any atom is 0.111 e. The average molecular weight is 257 g/mol. The first kappa shape index (κ1) is 12.7. The second-order valence-electron chi connectivity index (χ2n) is 6.15. The number of aryl methyl sites for hydroxylation is 1. The van der Waals surface area contributed by atoms with Crippen molar-refractivity contribution in [1.82, 2.24) is 9.55 Å². The molecule has 0 amide bonds. The molecule has 1 fully saturated rings. The summed E-state index contributed by atoms with van der Waals surface area (Å²) in [6.07, 6.45) is 4.41. The average Bonchev–Trinajstić information content (AvgIpc) is 2.89. The number of hydrogen-bond acceptors (Lipinski definition) is 2. The number of para-hydroxylation sites is 2. The molecule has 2 N–H and O–H groups in total. The molecular weight excluding hydrogens is 234 g/mol. The van der Waals surface area contributed by atoms with E-state index in [0.717, 1.165) is 43.1 Å². The lowest BCUT2D eigenvalue weighted by molar-refractivity contribution is 0.404. The van der Waals surface area contributed by atoms with Crippen LogP contribution >= 0.6 is 0 Å². The molecule has 102 valence electrons. The zero-order chi connectivity index (χ0) is 13.5. The normalized spacial score (nSPS) is 27.2. The molecule has 2 aromatic rings. The zero-order valence-corrected chi connectivity index (χ0v) is 11.9. The van der Waals surface area contributed by atoms with E-state index in [-0.39, 0.29) is 5.54 Å². The van der Waals surface area contributed by atoms with Gasteiger partial charge in [-0.3, -0.25) is 0 Å². The zero-order valence-electron chi connectivity index (χ0n) is 11.9. The van der Waals surface area contributed by atoms with E-state index in [1.165, 1.54) is 11.9 Å². The van der Waals surface area contributed by atoms with E-state index in [1.807, 2.05) is 0 Å². The summed E-state index contributed by atoms with van der Waals surface area (Å²) in [5, 5.41) is 0. The van der Waals surface area contributed by atoms with E-state index in [1.54, 1.807) is 0 Å². The van der Waals surface area contributed by atoms with Gasteiger partial charge in [-0.2, -0.15) is 0 Å². The second kappa shape index (κ2) is 4.64. The molecule has 1 heterocycles. The standard InChI is InChI=1S/C16H23N3/c1-3-19-14-7-5-4-6-13(14)18-15(19)11-16(17)9-8-12(2)10-16/h4-7,12H,3,8-11,17H2,1-2H3. The Hall–Kier alpha value is -1.35. The quantitative estimate of drug-likeness (QED) is 0.918. The van der Waals surface area contributed by atoms with Gasteiger partial charge >= 0.3 is 0 Å². The van der Waals surface area contributed by atoms with Gasteiger partial charge in [0, 0.05) is 18.5 Å². The summed E-state index contributed by atoms with van der Waals surface area (Å²) in [5.41, 5.74) is 8.85. The Morgan fingerprint density at radius 2 is 2.21 bits per heavy atom. The third kappa shape index (κ3) is 2.27. The van der Waals surface area contributed by atoms with Crippen molar-refractivity contribution >= 4 is 11.0 Å². The van der Waals surface area contributed by atoms with Gasteiger partial charge in [-0.05, 0) is 44.2 Å². The topological polar surface area (TPSA) is 43.8 Å². The highest BCUT2D eigenvalue weighted by atomic mass is 15.1. The molecule has 0 aliphatic heterocycles. The molecule has 2 atom stereocenters. The van der Waals surface area contributed by atoms with Gasteiger partial charge in [0.05, 0.1) is 11.0 Å². The van der Waals surface area contributed by atoms with Gasteiger partial charge in [-0.1, -0.05) is 19.1 Å². The van der Waals surface area contributed by atoms with Crippen LogP contribution in [0.2, 0.25) is 0 Å². The molecular formula is C16H23N3. The van der Waals surface area contributed by atoms with Crippen LogP contribution in [0.5, 0.6) is 0 Å². The van der Waals surface area contributed by atoms with Crippen LogP contribution in [-0.2, 0) is 13.0 Å². The molecule has 2 unspecified atom stereocenters. The van der Waals surface area contributed by atoms with Crippen molar-refractivity contribution in [2.24, 2.45) is 11.7 Å². The first-order valence-electron chi connectivity index (χ1n) is 7.34. The predicted octanol–water partition coefficient (Wildman–Crippen LogP) is 3.12. The largest absolute Gasteiger partial charge is 0.328 e. The van der Waals surface area contributed by atoms with Crippen LogP contribution in [0.3, 0.4) is 0 Å². The fourth-order valence-electron chi connectivity index (χ4n) is 3.52. The lowest BCUT2D eigenvalue weighted by Crippen LogP contribution is -2.40. The Morgan fingerprint density at radius 3 is 2.89 bits per heavy atom. The fraction of sp³-hybridized carbons (Fsp3) is 0.562. The number of fused-ring (bicyclic) bond motifs is 1. The molecule has 0 bridgehead atoms. The maximum absolute atomic E-state index is 6.57. The number of hydrogen-bond donors (Lipinski definition) is 1. The van der Waals surface area contributed by atoms with Crippen molar-refractivity contribution in [3.8, 4) is 0 Å². The lowest BCUT2D eigenvalue weighted by Gasteiger charge is -2.24. The van der Waals surface area contributed by atoms with Crippen LogP contribution < -0.4 is 5.73 Å². The smallest absolute Gasteiger partial charge is 0.111 e. The number of benzene rings is 1. The summed E-state index contributed by atoms with van der Waals surface area (Å²) in [7, 11) is 0. The summed E-state index contributed by atoms with van der Waals surface area (Å²) >= 11 is 0. The molecule has 0 spiro atoms. The van der Waals surface area contributed by atoms with E-state index in [2.05, 4.69) is 42.7 Å². The van der Waals surface area contributed by atoms with E-state index >= 15 is 0 Å². The van der Waals surface area contributed by atoms with Crippen molar-refractivity contribution in [2.75, 3.05) is 0 Å². The first-order chi connectivity index (χ1) is 9.11. The van der Waals surface area contributed by atoms with E-state index in [9.17, 15) is 0 Å². The minimum absolute atomic E-state index is 0.0479. The van der Waals surface area contributed by atoms with Crippen LogP contribution in [0.15, 0.2) is 24.3 Å². The van der Waals surface area contributed by atoms with E-state index < -0.39 is 0 Å². The number of nitrogens with zero attached hydrogens (tertiary/aromatic N) is 2. The van der Waals surface area contributed by atoms with Crippen LogP contribution in [0.25, 0.3) is 11.0 Å². The highest BCUT2D eigenvalue weighted by Crippen LogP contribution is 2.35. The van der Waals surface area contributed by atoms with Crippen LogP contribution in [0.1, 0.15) is 38.9 Å². The van der Waals surface area contributed by atoms with Crippen LogP contribution in [0.4, 0.5) is 0 Å². The van der Waals surface area contributed by atoms with Crippen molar-refractivity contribution in [3.63, 3.8) is 0 Å². The molecule has 3 heteroatoms. The molecule has 3 nitrogen and oxygen atoms in total. The van der Waals surface area contributed by atoms with Crippen molar-refractivity contribution in [1.29, 1.82) is 0 Å². The maximum atomic E-state index is 6.57. The van der Waals surface area contributed by atoms with E-state index in [4.69, 9.17) is 10.7 Å². The highest BCUT2D eigenvalue weighted by molar-refractivity contribution is 5.75. The summed E-state index contributed by atoms with van der Waals surface area (Å²) in [6, 6.07) is 8.37. The number of aromatic nitrogens is 2. The van der Waals surface area contributed by atoms with Gasteiger partial charge in [-0.25, -0.2) is 4.98 Å². The number of nitrogens with two attached hydrogens (primary N) is 1. The van der Waals surface area contributed by atoms with Crippen LogP contribution in [-0.4, -0.2) is 15.1 Å². The minimum atomic E-state index is -0.0479. The Labute approximate surface area is 114 Å². The molecule has 1 aliphatic rings. The molecule has 1 aromatic heterocycles.